The number of hydrogen-bond donors (Lipinski definition) is 3. The van der Waals surface area contributed by atoms with Crippen LogP contribution >= 0.6 is 0 Å². The van der Waals surface area contributed by atoms with Gasteiger partial charge in [-0.05, 0) is 29.8 Å². The average Bonchev–Trinajstić information content (AvgIpc) is 3.12. The minimum absolute atomic E-state index is 0.312. The monoisotopic (exact) mass is 335 g/mol. The summed E-state index contributed by atoms with van der Waals surface area (Å²) in [7, 11) is 1.55. The summed E-state index contributed by atoms with van der Waals surface area (Å²) in [4.78, 5) is 25.6. The summed E-state index contributed by atoms with van der Waals surface area (Å²) in [5.74, 6) is 0.240. The van der Waals surface area contributed by atoms with Gasteiger partial charge in [-0.1, -0.05) is 24.8 Å². The first kappa shape index (κ1) is 16.3. The maximum atomic E-state index is 11.7. The molecular weight excluding hydrogens is 318 g/mol. The molecule has 0 unspecified atom stereocenters. The zero-order valence-electron chi connectivity index (χ0n) is 13.6. The number of hydrogen-bond acceptors (Lipinski definition) is 3. The van der Waals surface area contributed by atoms with Crippen LogP contribution in [0.5, 0.6) is 5.75 Å². The largest absolute Gasteiger partial charge is 0.494 e. The van der Waals surface area contributed by atoms with Crippen LogP contribution in [0.4, 0.5) is 11.4 Å². The van der Waals surface area contributed by atoms with Crippen LogP contribution < -0.4 is 15.4 Å². The van der Waals surface area contributed by atoms with E-state index < -0.39 is 0 Å². The smallest absolute Gasteiger partial charge is 0.247 e. The molecule has 2 aromatic carbocycles. The molecule has 3 N–H and O–H groups in total. The number of aromatic amines is 1. The number of nitrogens with one attached hydrogen (secondary N) is 3. The predicted octanol–water partition coefficient (Wildman–Crippen LogP) is 3.54. The predicted molar refractivity (Wildman–Crippen MR) is 98.8 cm³/mol. The minimum Gasteiger partial charge on any atom is -0.494 e. The van der Waals surface area contributed by atoms with Gasteiger partial charge in [-0.25, -0.2) is 0 Å². The third-order valence-electron chi connectivity index (χ3n) is 3.89. The van der Waals surface area contributed by atoms with E-state index in [1.807, 2.05) is 30.3 Å². The van der Waals surface area contributed by atoms with Gasteiger partial charge >= 0.3 is 0 Å². The molecule has 1 heterocycles. The van der Waals surface area contributed by atoms with Gasteiger partial charge in [0.25, 0.3) is 0 Å². The Balaban J connectivity index is 2.18. The molecule has 0 aliphatic heterocycles. The van der Waals surface area contributed by atoms with Gasteiger partial charge in [0.15, 0.2) is 0 Å². The molecule has 6 heteroatoms. The molecule has 0 saturated carbocycles. The second-order valence-electron chi connectivity index (χ2n) is 5.27. The number of para-hydroxylation sites is 1. The van der Waals surface area contributed by atoms with Crippen LogP contribution in [-0.4, -0.2) is 24.4 Å². The molecule has 3 rings (SSSR count). The zero-order chi connectivity index (χ0) is 17.8. The number of carbonyl (C=O) groups is 2. The fraction of sp³-hybridized carbons (Fsp3) is 0.0526. The van der Waals surface area contributed by atoms with E-state index >= 15 is 0 Å². The molecule has 126 valence electrons. The van der Waals surface area contributed by atoms with Crippen molar-refractivity contribution in [1.82, 2.24) is 4.98 Å². The Morgan fingerprint density at radius 1 is 1.16 bits per heavy atom. The van der Waals surface area contributed by atoms with Crippen LogP contribution in [0, 0.1) is 0 Å². The summed E-state index contributed by atoms with van der Waals surface area (Å²) >= 11 is 0. The molecule has 0 atom stereocenters. The van der Waals surface area contributed by atoms with Crippen LogP contribution in [0.3, 0.4) is 0 Å². The number of rotatable bonds is 6. The van der Waals surface area contributed by atoms with Crippen molar-refractivity contribution in [2.45, 2.75) is 0 Å². The van der Waals surface area contributed by atoms with E-state index in [0.29, 0.717) is 23.5 Å². The third-order valence-corrected chi connectivity index (χ3v) is 3.89. The molecule has 1 aromatic heterocycles. The molecule has 0 radical (unpaired) electrons. The van der Waals surface area contributed by atoms with E-state index in [-0.39, 0.29) is 5.91 Å². The number of benzene rings is 2. The van der Waals surface area contributed by atoms with Crippen LogP contribution in [0.15, 0.2) is 55.3 Å². The number of carbonyl (C=O) groups excluding carboxylic acids is 2. The molecule has 0 bridgehead atoms. The molecule has 3 aromatic rings. The number of H-pyrrole nitrogens is 1. The van der Waals surface area contributed by atoms with Crippen molar-refractivity contribution in [3.63, 3.8) is 0 Å². The quantitative estimate of drug-likeness (QED) is 0.476. The number of methoxy groups -OCH3 is 1. The average molecular weight is 335 g/mol. The van der Waals surface area contributed by atoms with E-state index in [0.717, 1.165) is 22.0 Å². The first-order valence-electron chi connectivity index (χ1n) is 7.60. The lowest BCUT2D eigenvalue weighted by Crippen LogP contribution is -2.08. The van der Waals surface area contributed by atoms with Crippen LogP contribution in [0.25, 0.3) is 22.0 Å². The fourth-order valence-corrected chi connectivity index (χ4v) is 2.83. The maximum Gasteiger partial charge on any atom is 0.247 e. The van der Waals surface area contributed by atoms with Gasteiger partial charge in [-0.2, -0.15) is 0 Å². The second-order valence-corrected chi connectivity index (χ2v) is 5.27. The normalized spacial score (nSPS) is 10.3. The molecule has 25 heavy (non-hydrogen) atoms. The molecule has 0 saturated heterocycles. The Bertz CT molecular complexity index is 960. The van der Waals surface area contributed by atoms with Crippen LogP contribution in [-0.2, 0) is 9.59 Å². The molecule has 0 spiro atoms. The highest BCUT2D eigenvalue weighted by atomic mass is 16.5. The highest BCUT2D eigenvalue weighted by Crippen LogP contribution is 2.40. The van der Waals surface area contributed by atoms with Gasteiger partial charge in [0, 0.05) is 17.1 Å². The minimum atomic E-state index is -0.312. The van der Waals surface area contributed by atoms with E-state index in [1.165, 1.54) is 6.08 Å². The number of fused-ring (bicyclic) bond motifs is 1. The Morgan fingerprint density at radius 2 is 2.00 bits per heavy atom. The van der Waals surface area contributed by atoms with Crippen molar-refractivity contribution in [1.29, 1.82) is 0 Å². The van der Waals surface area contributed by atoms with E-state index in [4.69, 9.17) is 4.74 Å². The van der Waals surface area contributed by atoms with Gasteiger partial charge < -0.3 is 20.4 Å². The van der Waals surface area contributed by atoms with E-state index in [1.54, 1.807) is 19.4 Å². The first-order chi connectivity index (χ1) is 12.2. The Kier molecular flexibility index (Phi) is 4.52. The zero-order valence-corrected chi connectivity index (χ0v) is 13.6. The highest BCUT2D eigenvalue weighted by Gasteiger charge is 2.16. The molecule has 0 fully saturated rings. The molecule has 0 aliphatic rings. The summed E-state index contributed by atoms with van der Waals surface area (Å²) in [5, 5.41) is 6.35. The van der Waals surface area contributed by atoms with Crippen molar-refractivity contribution < 1.29 is 14.3 Å². The summed E-state index contributed by atoms with van der Waals surface area (Å²) in [5.41, 5.74) is 3.80. The first-order valence-corrected chi connectivity index (χ1v) is 7.60. The van der Waals surface area contributed by atoms with Crippen LogP contribution in [0.2, 0.25) is 0 Å². The van der Waals surface area contributed by atoms with Crippen molar-refractivity contribution in [2.24, 2.45) is 0 Å². The Morgan fingerprint density at radius 3 is 2.72 bits per heavy atom. The van der Waals surface area contributed by atoms with E-state index in [2.05, 4.69) is 22.2 Å². The molecule has 0 aliphatic carbocycles. The summed E-state index contributed by atoms with van der Waals surface area (Å²) in [6.07, 6.45) is 3.65. The van der Waals surface area contributed by atoms with Gasteiger partial charge in [-0.15, -0.1) is 0 Å². The number of amides is 2. The standard InChI is InChI=1S/C19H17N3O3/c1-3-17(24)22-16-6-4-5-14(19(16)25-2)12-7-8-15(21-11-23)18-13(12)9-10-20-18/h3-11,20H,1H2,2H3,(H,21,23)(H,22,24). The number of ether oxygens (including phenoxy) is 1. The lowest BCUT2D eigenvalue weighted by atomic mass is 9.99. The van der Waals surface area contributed by atoms with Crippen molar-refractivity contribution in [3.8, 4) is 16.9 Å². The number of anilines is 2. The van der Waals surface area contributed by atoms with Gasteiger partial charge in [-0.3, -0.25) is 9.59 Å². The lowest BCUT2D eigenvalue weighted by molar-refractivity contribution is -0.112. The third kappa shape index (κ3) is 2.97. The Hall–Kier alpha value is -3.54. The van der Waals surface area contributed by atoms with Gasteiger partial charge in [0.05, 0.1) is 24.0 Å². The number of aromatic nitrogens is 1. The highest BCUT2D eigenvalue weighted by molar-refractivity contribution is 6.06. The molecular formula is C19H17N3O3. The van der Waals surface area contributed by atoms with Crippen LogP contribution in [0.1, 0.15) is 0 Å². The second kappa shape index (κ2) is 6.92. The van der Waals surface area contributed by atoms with Crippen molar-refractivity contribution in [2.75, 3.05) is 17.7 Å². The van der Waals surface area contributed by atoms with E-state index in [9.17, 15) is 9.59 Å². The fourth-order valence-electron chi connectivity index (χ4n) is 2.83. The summed E-state index contributed by atoms with van der Waals surface area (Å²) in [6.45, 7) is 3.46. The topological polar surface area (TPSA) is 83.2 Å². The van der Waals surface area contributed by atoms with Gasteiger partial charge in [0.2, 0.25) is 12.3 Å². The molecule has 2 amide bonds. The van der Waals surface area contributed by atoms with Crippen molar-refractivity contribution >= 4 is 34.6 Å². The summed E-state index contributed by atoms with van der Waals surface area (Å²) in [6, 6.07) is 11.2. The molecule has 6 nitrogen and oxygen atoms in total. The van der Waals surface area contributed by atoms with Gasteiger partial charge in [0.1, 0.15) is 5.75 Å². The summed E-state index contributed by atoms with van der Waals surface area (Å²) < 4.78 is 5.55. The maximum absolute atomic E-state index is 11.7. The lowest BCUT2D eigenvalue weighted by Gasteiger charge is -2.15. The van der Waals surface area contributed by atoms with Crippen molar-refractivity contribution in [3.05, 3.63) is 55.3 Å². The Labute approximate surface area is 144 Å². The SMILES string of the molecule is C=CC(=O)Nc1cccc(-c2ccc(NC=O)c3[nH]ccc23)c1OC.